The molecule has 3 atom stereocenters. The van der Waals surface area contributed by atoms with E-state index in [1.165, 1.54) is 0 Å². The molecule has 1 rings (SSSR count). The summed E-state index contributed by atoms with van der Waals surface area (Å²) >= 11 is 0. The van der Waals surface area contributed by atoms with Crippen molar-refractivity contribution in [3.8, 4) is 0 Å². The molecule has 90 valence electrons. The second kappa shape index (κ2) is 6.43. The molecule has 1 aliphatic rings. The zero-order valence-corrected chi connectivity index (χ0v) is 9.72. The van der Waals surface area contributed by atoms with Crippen LogP contribution in [-0.2, 0) is 4.74 Å². The maximum atomic E-state index is 9.38. The molecule has 1 heterocycles. The van der Waals surface area contributed by atoms with Gasteiger partial charge in [0.2, 0.25) is 0 Å². The van der Waals surface area contributed by atoms with E-state index in [-0.39, 0.29) is 24.9 Å². The second-order valence-electron chi connectivity index (χ2n) is 4.47. The largest absolute Gasteiger partial charge is 0.395 e. The van der Waals surface area contributed by atoms with Crippen molar-refractivity contribution in [3.63, 3.8) is 0 Å². The predicted molar refractivity (Wildman–Crippen MR) is 58.8 cm³/mol. The number of aliphatic hydroxyl groups is 2. The lowest BCUT2D eigenvalue weighted by atomic mass is 10.2. The molecule has 4 heteroatoms. The van der Waals surface area contributed by atoms with Gasteiger partial charge in [-0.3, -0.25) is 4.90 Å². The SMILES string of the molecule is C[C@H](O)CN(C[C@@H]1CCCO1)[C@H](C)CO. The summed E-state index contributed by atoms with van der Waals surface area (Å²) in [6, 6.07) is 0.0869. The molecule has 1 saturated heterocycles. The van der Waals surface area contributed by atoms with Crippen LogP contribution in [0.5, 0.6) is 0 Å². The van der Waals surface area contributed by atoms with Crippen molar-refractivity contribution >= 4 is 0 Å². The summed E-state index contributed by atoms with van der Waals surface area (Å²) in [4.78, 5) is 2.10. The van der Waals surface area contributed by atoms with Gasteiger partial charge in [0.15, 0.2) is 0 Å². The lowest BCUT2D eigenvalue weighted by Crippen LogP contribution is -2.44. The van der Waals surface area contributed by atoms with Crippen LogP contribution in [0.25, 0.3) is 0 Å². The van der Waals surface area contributed by atoms with Gasteiger partial charge in [0.1, 0.15) is 0 Å². The third kappa shape index (κ3) is 4.47. The Kier molecular flexibility index (Phi) is 5.53. The summed E-state index contributed by atoms with van der Waals surface area (Å²) in [5.41, 5.74) is 0. The van der Waals surface area contributed by atoms with Crippen molar-refractivity contribution in [2.24, 2.45) is 0 Å². The van der Waals surface area contributed by atoms with Crippen LogP contribution in [-0.4, -0.2) is 59.7 Å². The molecule has 0 saturated carbocycles. The van der Waals surface area contributed by atoms with E-state index in [2.05, 4.69) is 4.90 Å². The predicted octanol–water partition coefficient (Wildman–Crippen LogP) is 0.229. The van der Waals surface area contributed by atoms with E-state index in [4.69, 9.17) is 9.84 Å². The van der Waals surface area contributed by atoms with E-state index < -0.39 is 0 Å². The minimum Gasteiger partial charge on any atom is -0.395 e. The standard InChI is InChI=1S/C11H23NO3/c1-9(8-13)12(6-10(2)14)7-11-4-3-5-15-11/h9-11,13-14H,3-8H2,1-2H3/t9-,10+,11+/m1/s1. The molecule has 0 aromatic heterocycles. The average molecular weight is 217 g/mol. The molecule has 0 bridgehead atoms. The lowest BCUT2D eigenvalue weighted by Gasteiger charge is -2.30. The number of nitrogens with zero attached hydrogens (tertiary/aromatic N) is 1. The maximum Gasteiger partial charge on any atom is 0.0702 e. The van der Waals surface area contributed by atoms with Crippen molar-refractivity contribution in [1.29, 1.82) is 0 Å². The number of rotatable bonds is 6. The number of hydrogen-bond acceptors (Lipinski definition) is 4. The fourth-order valence-electron chi connectivity index (χ4n) is 1.94. The summed E-state index contributed by atoms with van der Waals surface area (Å²) in [6.45, 7) is 6.12. The molecule has 0 amide bonds. The zero-order valence-electron chi connectivity index (χ0n) is 9.72. The minimum atomic E-state index is -0.361. The first-order chi connectivity index (χ1) is 7.13. The first kappa shape index (κ1) is 12.9. The highest BCUT2D eigenvalue weighted by Crippen LogP contribution is 2.14. The molecule has 0 radical (unpaired) electrons. The molecule has 1 aliphatic heterocycles. The van der Waals surface area contributed by atoms with E-state index in [1.807, 2.05) is 6.92 Å². The third-order valence-electron chi connectivity index (χ3n) is 2.85. The minimum absolute atomic E-state index is 0.0869. The molecule has 0 aromatic carbocycles. The lowest BCUT2D eigenvalue weighted by molar-refractivity contribution is 0.0246. The first-order valence-electron chi connectivity index (χ1n) is 5.78. The smallest absolute Gasteiger partial charge is 0.0702 e. The van der Waals surface area contributed by atoms with E-state index in [0.29, 0.717) is 6.54 Å². The van der Waals surface area contributed by atoms with Crippen LogP contribution in [0.15, 0.2) is 0 Å². The first-order valence-corrected chi connectivity index (χ1v) is 5.78. The quantitative estimate of drug-likeness (QED) is 0.669. The van der Waals surface area contributed by atoms with Gasteiger partial charge in [-0.05, 0) is 26.7 Å². The maximum absolute atomic E-state index is 9.38. The van der Waals surface area contributed by atoms with Gasteiger partial charge < -0.3 is 14.9 Å². The summed E-state index contributed by atoms with van der Waals surface area (Å²) in [5, 5.41) is 18.5. The Bertz CT molecular complexity index is 169. The highest BCUT2D eigenvalue weighted by atomic mass is 16.5. The molecular weight excluding hydrogens is 194 g/mol. The Morgan fingerprint density at radius 1 is 1.47 bits per heavy atom. The summed E-state index contributed by atoms with van der Waals surface area (Å²) in [6.07, 6.45) is 2.13. The molecule has 0 unspecified atom stereocenters. The van der Waals surface area contributed by atoms with Gasteiger partial charge in [-0.15, -0.1) is 0 Å². The molecule has 15 heavy (non-hydrogen) atoms. The summed E-state index contributed by atoms with van der Waals surface area (Å²) < 4.78 is 5.55. The summed E-state index contributed by atoms with van der Waals surface area (Å²) in [5.74, 6) is 0. The van der Waals surface area contributed by atoms with E-state index in [1.54, 1.807) is 6.92 Å². The fourth-order valence-corrected chi connectivity index (χ4v) is 1.94. The molecule has 0 aromatic rings. The van der Waals surface area contributed by atoms with Gasteiger partial charge in [0.25, 0.3) is 0 Å². The third-order valence-corrected chi connectivity index (χ3v) is 2.85. The molecular formula is C11H23NO3. The highest BCUT2D eigenvalue weighted by molar-refractivity contribution is 4.75. The molecule has 2 N–H and O–H groups in total. The molecule has 0 aliphatic carbocycles. The average Bonchev–Trinajstić information content (AvgIpc) is 2.67. The van der Waals surface area contributed by atoms with Gasteiger partial charge in [-0.1, -0.05) is 0 Å². The Labute approximate surface area is 91.8 Å². The van der Waals surface area contributed by atoms with Crippen molar-refractivity contribution in [1.82, 2.24) is 4.90 Å². The van der Waals surface area contributed by atoms with E-state index >= 15 is 0 Å². The molecule has 1 fully saturated rings. The zero-order chi connectivity index (χ0) is 11.3. The normalized spacial score (nSPS) is 25.8. The second-order valence-corrected chi connectivity index (χ2v) is 4.47. The monoisotopic (exact) mass is 217 g/mol. The van der Waals surface area contributed by atoms with E-state index in [0.717, 1.165) is 26.0 Å². The van der Waals surface area contributed by atoms with Gasteiger partial charge >= 0.3 is 0 Å². The number of hydrogen-bond donors (Lipinski definition) is 2. The van der Waals surface area contributed by atoms with E-state index in [9.17, 15) is 5.11 Å². The van der Waals surface area contributed by atoms with Gasteiger partial charge in [0, 0.05) is 25.7 Å². The summed E-state index contributed by atoms with van der Waals surface area (Å²) in [7, 11) is 0. The Morgan fingerprint density at radius 3 is 2.67 bits per heavy atom. The topological polar surface area (TPSA) is 52.9 Å². The van der Waals surface area contributed by atoms with Crippen molar-refractivity contribution in [2.45, 2.75) is 44.9 Å². The highest BCUT2D eigenvalue weighted by Gasteiger charge is 2.22. The fraction of sp³-hybridized carbons (Fsp3) is 1.00. The van der Waals surface area contributed by atoms with Gasteiger partial charge in [0.05, 0.1) is 18.8 Å². The number of aliphatic hydroxyl groups excluding tert-OH is 2. The van der Waals surface area contributed by atoms with Crippen LogP contribution in [0.1, 0.15) is 26.7 Å². The Balaban J connectivity index is 2.39. The van der Waals surface area contributed by atoms with Crippen LogP contribution in [0.4, 0.5) is 0 Å². The van der Waals surface area contributed by atoms with Crippen LogP contribution >= 0.6 is 0 Å². The molecule has 0 spiro atoms. The Morgan fingerprint density at radius 2 is 2.20 bits per heavy atom. The van der Waals surface area contributed by atoms with Gasteiger partial charge in [-0.2, -0.15) is 0 Å². The van der Waals surface area contributed by atoms with Crippen LogP contribution in [0.2, 0.25) is 0 Å². The number of ether oxygens (including phenoxy) is 1. The van der Waals surface area contributed by atoms with Crippen molar-refractivity contribution < 1.29 is 14.9 Å². The van der Waals surface area contributed by atoms with Crippen molar-refractivity contribution in [2.75, 3.05) is 26.3 Å². The van der Waals surface area contributed by atoms with Crippen molar-refractivity contribution in [3.05, 3.63) is 0 Å². The molecule has 4 nitrogen and oxygen atoms in total. The van der Waals surface area contributed by atoms with Crippen LogP contribution < -0.4 is 0 Å². The van der Waals surface area contributed by atoms with Gasteiger partial charge in [-0.25, -0.2) is 0 Å². The van der Waals surface area contributed by atoms with Crippen LogP contribution in [0, 0.1) is 0 Å². The van der Waals surface area contributed by atoms with Crippen LogP contribution in [0.3, 0.4) is 0 Å². The Hall–Kier alpha value is -0.160.